The molecule has 1 N–H and O–H groups in total. The van der Waals surface area contributed by atoms with E-state index >= 15 is 0 Å². The van der Waals surface area contributed by atoms with Crippen LogP contribution in [0.15, 0.2) is 36.4 Å². The van der Waals surface area contributed by atoms with Gasteiger partial charge in [-0.25, -0.2) is 0 Å². The van der Waals surface area contributed by atoms with E-state index in [0.717, 1.165) is 16.8 Å². The number of ether oxygens (including phenoxy) is 4. The second-order valence-electron chi connectivity index (χ2n) is 5.95. The molecule has 6 nitrogen and oxygen atoms in total. The summed E-state index contributed by atoms with van der Waals surface area (Å²) < 4.78 is 21.4. The van der Waals surface area contributed by atoms with E-state index in [4.69, 9.17) is 38.0 Å². The minimum Gasteiger partial charge on any atom is -0.493 e. The van der Waals surface area contributed by atoms with Crippen LogP contribution in [-0.2, 0) is 14.3 Å². The van der Waals surface area contributed by atoms with Gasteiger partial charge >= 0.3 is 5.97 Å². The van der Waals surface area contributed by atoms with E-state index in [1.165, 1.54) is 6.92 Å². The van der Waals surface area contributed by atoms with Crippen LogP contribution < -0.4 is 14.8 Å². The first kappa shape index (κ1) is 22.9. The Hall–Kier alpha value is -2.35. The van der Waals surface area contributed by atoms with Crippen molar-refractivity contribution < 1.29 is 23.7 Å². The number of thiocarbonyl (C=S) groups is 1. The maximum atomic E-state index is 9.82. The Bertz CT molecular complexity index is 874. The summed E-state index contributed by atoms with van der Waals surface area (Å²) in [6, 6.07) is 11.3. The topological polar surface area (TPSA) is 66.0 Å². The minimum absolute atomic E-state index is 0.211. The van der Waals surface area contributed by atoms with Crippen molar-refractivity contribution >= 4 is 40.5 Å². The number of carbonyl (C=O) groups is 1. The van der Waals surface area contributed by atoms with Crippen LogP contribution in [0.5, 0.6) is 11.5 Å². The molecule has 2 aromatic carbocycles. The van der Waals surface area contributed by atoms with Gasteiger partial charge in [0.05, 0.1) is 27.4 Å². The van der Waals surface area contributed by atoms with Crippen molar-refractivity contribution in [1.29, 1.82) is 0 Å². The fourth-order valence-electron chi connectivity index (χ4n) is 2.91. The summed E-state index contributed by atoms with van der Waals surface area (Å²) in [7, 11) is 3.21. The van der Waals surface area contributed by atoms with Crippen LogP contribution in [0.1, 0.15) is 31.1 Å². The van der Waals surface area contributed by atoms with Crippen LogP contribution >= 0.6 is 23.8 Å². The highest BCUT2D eigenvalue weighted by Crippen LogP contribution is 2.44. The maximum Gasteiger partial charge on any atom is 0.302 e. The normalized spacial score (nSPS) is 15.1. The summed E-state index contributed by atoms with van der Waals surface area (Å²) in [5.74, 6) is 1.05. The molecular weight excluding hydrogens is 414 g/mol. The van der Waals surface area contributed by atoms with Gasteiger partial charge in [0.25, 0.3) is 0 Å². The van der Waals surface area contributed by atoms with E-state index in [1.54, 1.807) is 21.1 Å². The quantitative estimate of drug-likeness (QED) is 0.545. The molecule has 0 bridgehead atoms. The lowest BCUT2D eigenvalue weighted by Crippen LogP contribution is -2.13. The average molecular weight is 438 g/mol. The van der Waals surface area contributed by atoms with Gasteiger partial charge < -0.3 is 24.3 Å². The molecule has 1 heterocycles. The first-order valence-electron chi connectivity index (χ1n) is 8.97. The van der Waals surface area contributed by atoms with Gasteiger partial charge in [0.1, 0.15) is 11.1 Å². The zero-order valence-electron chi connectivity index (χ0n) is 16.8. The maximum absolute atomic E-state index is 9.82. The molecule has 0 unspecified atom stereocenters. The molecule has 0 aliphatic carbocycles. The van der Waals surface area contributed by atoms with Gasteiger partial charge in [0, 0.05) is 28.8 Å². The van der Waals surface area contributed by atoms with E-state index < -0.39 is 6.10 Å². The standard InChI is InChI=1S/C17H16ClNO3S.C4H8O2/c1-20-13-8-3-5-10(16(13)21-2)17-15-11(18)6-4-7-12(15)19-14(23)9-22-17;1-3-6-4(2)5/h3-8,17H,9H2,1-2H3,(H,19,23);3H2,1-2H3/t17-;/m1./s1. The molecule has 1 aliphatic rings. The van der Waals surface area contributed by atoms with E-state index in [1.807, 2.05) is 36.4 Å². The lowest BCUT2D eigenvalue weighted by Gasteiger charge is -2.22. The number of nitrogens with one attached hydrogen (secondary N) is 1. The van der Waals surface area contributed by atoms with Crippen LogP contribution in [-0.4, -0.2) is 38.4 Å². The Morgan fingerprint density at radius 2 is 1.97 bits per heavy atom. The number of rotatable bonds is 4. The Labute approximate surface area is 181 Å². The molecule has 0 amide bonds. The number of esters is 1. The number of hydrogen-bond donors (Lipinski definition) is 1. The van der Waals surface area contributed by atoms with Gasteiger partial charge in [0.15, 0.2) is 11.5 Å². The average Bonchev–Trinajstić information content (AvgIpc) is 2.86. The van der Waals surface area contributed by atoms with E-state index in [9.17, 15) is 4.79 Å². The van der Waals surface area contributed by atoms with Gasteiger partial charge in [0.2, 0.25) is 0 Å². The van der Waals surface area contributed by atoms with Crippen LogP contribution in [0.3, 0.4) is 0 Å². The van der Waals surface area contributed by atoms with Crippen molar-refractivity contribution in [1.82, 2.24) is 0 Å². The first-order valence-corrected chi connectivity index (χ1v) is 9.75. The SMILES string of the molecule is CCOC(C)=O.COc1cccc([C@H]2OCC(=S)Nc3cccc(Cl)c32)c1OC. The zero-order chi connectivity index (χ0) is 21.4. The molecule has 1 atom stereocenters. The van der Waals surface area contributed by atoms with Gasteiger partial charge in [-0.3, -0.25) is 4.79 Å². The number of para-hydroxylation sites is 1. The van der Waals surface area contributed by atoms with E-state index in [2.05, 4.69) is 10.1 Å². The Morgan fingerprint density at radius 1 is 1.24 bits per heavy atom. The predicted molar refractivity (Wildman–Crippen MR) is 117 cm³/mol. The van der Waals surface area contributed by atoms with Crippen LogP contribution in [0.2, 0.25) is 5.02 Å². The minimum atomic E-state index is -0.406. The Balaban J connectivity index is 0.000000438. The fraction of sp³-hybridized carbons (Fsp3) is 0.333. The number of hydrogen-bond acceptors (Lipinski definition) is 6. The van der Waals surface area contributed by atoms with E-state index in [-0.39, 0.29) is 5.97 Å². The molecule has 0 radical (unpaired) electrons. The van der Waals surface area contributed by atoms with Gasteiger partial charge in [-0.2, -0.15) is 0 Å². The summed E-state index contributed by atoms with van der Waals surface area (Å²) in [5.41, 5.74) is 2.52. The summed E-state index contributed by atoms with van der Waals surface area (Å²) in [5, 5.41) is 3.79. The van der Waals surface area contributed by atoms with E-state index in [0.29, 0.717) is 34.7 Å². The van der Waals surface area contributed by atoms with Crippen LogP contribution in [0.4, 0.5) is 5.69 Å². The molecule has 156 valence electrons. The third-order valence-electron chi connectivity index (χ3n) is 4.03. The number of anilines is 1. The van der Waals surface area contributed by atoms with Gasteiger partial charge in [-0.05, 0) is 25.1 Å². The highest BCUT2D eigenvalue weighted by Gasteiger charge is 2.28. The fourth-order valence-corrected chi connectivity index (χ4v) is 3.36. The molecular formula is C21H24ClNO5S. The molecule has 0 saturated heterocycles. The number of halogens is 1. The third kappa shape index (κ3) is 5.82. The van der Waals surface area contributed by atoms with Crippen LogP contribution in [0.25, 0.3) is 0 Å². The van der Waals surface area contributed by atoms with Crippen molar-refractivity contribution in [2.75, 3.05) is 32.8 Å². The van der Waals surface area contributed by atoms with Crippen molar-refractivity contribution in [2.24, 2.45) is 0 Å². The number of benzene rings is 2. The number of methoxy groups -OCH3 is 2. The van der Waals surface area contributed by atoms with Crippen LogP contribution in [0, 0.1) is 0 Å². The highest BCUT2D eigenvalue weighted by molar-refractivity contribution is 7.80. The summed E-state index contributed by atoms with van der Waals surface area (Å²) in [6.45, 7) is 3.95. The number of carbonyl (C=O) groups excluding carboxylic acids is 1. The lowest BCUT2D eigenvalue weighted by molar-refractivity contribution is -0.140. The van der Waals surface area contributed by atoms with Gasteiger partial charge in [-0.1, -0.05) is 42.0 Å². The van der Waals surface area contributed by atoms with Crippen molar-refractivity contribution in [3.8, 4) is 11.5 Å². The summed E-state index contributed by atoms with van der Waals surface area (Å²) in [4.78, 5) is 10.4. The summed E-state index contributed by atoms with van der Waals surface area (Å²) >= 11 is 11.7. The Morgan fingerprint density at radius 3 is 2.55 bits per heavy atom. The van der Waals surface area contributed by atoms with Gasteiger partial charge in [-0.15, -0.1) is 0 Å². The monoisotopic (exact) mass is 437 g/mol. The second kappa shape index (κ2) is 11.0. The van der Waals surface area contributed by atoms with Crippen molar-refractivity contribution in [3.05, 3.63) is 52.5 Å². The predicted octanol–water partition coefficient (Wildman–Crippen LogP) is 4.79. The van der Waals surface area contributed by atoms with Crippen molar-refractivity contribution in [3.63, 3.8) is 0 Å². The molecule has 1 aliphatic heterocycles. The van der Waals surface area contributed by atoms with Crippen molar-refractivity contribution in [2.45, 2.75) is 20.0 Å². The first-order chi connectivity index (χ1) is 13.9. The zero-order valence-corrected chi connectivity index (χ0v) is 18.4. The molecule has 29 heavy (non-hydrogen) atoms. The molecule has 0 aromatic heterocycles. The molecule has 0 saturated carbocycles. The lowest BCUT2D eigenvalue weighted by atomic mass is 9.98. The molecule has 2 aromatic rings. The second-order valence-corrected chi connectivity index (χ2v) is 6.85. The Kier molecular flexibility index (Phi) is 8.70. The smallest absolute Gasteiger partial charge is 0.302 e. The highest BCUT2D eigenvalue weighted by atomic mass is 35.5. The largest absolute Gasteiger partial charge is 0.493 e. The number of fused-ring (bicyclic) bond motifs is 1. The summed E-state index contributed by atoms with van der Waals surface area (Å²) in [6.07, 6.45) is -0.406. The molecule has 0 fully saturated rings. The molecule has 0 spiro atoms. The molecule has 3 rings (SSSR count). The molecule has 8 heteroatoms. The third-order valence-corrected chi connectivity index (χ3v) is 4.58.